The molecule has 0 bridgehead atoms. The van der Waals surface area contributed by atoms with Crippen LogP contribution in [0.2, 0.25) is 0 Å². The molecule has 6 rings (SSSR count). The lowest BCUT2D eigenvalue weighted by atomic mass is 9.54. The molecule has 2 saturated carbocycles. The van der Waals surface area contributed by atoms with Gasteiger partial charge in [0.25, 0.3) is 0 Å². The zero-order chi connectivity index (χ0) is 19.1. The first-order chi connectivity index (χ1) is 12.7. The third-order valence-corrected chi connectivity index (χ3v) is 8.43. The van der Waals surface area contributed by atoms with E-state index in [0.717, 1.165) is 5.57 Å². The minimum absolute atomic E-state index is 0.0647. The van der Waals surface area contributed by atoms with Gasteiger partial charge in [0.1, 0.15) is 12.2 Å². The van der Waals surface area contributed by atoms with E-state index in [4.69, 9.17) is 18.9 Å². The van der Waals surface area contributed by atoms with Gasteiger partial charge in [-0.25, -0.2) is 4.79 Å². The molecule has 9 atom stereocenters. The standard InChI is InChI=1S/C19H20O8/c1-7(2)9-4-10-17-5-11-18(23,8(3)13(21)24-11)19(17,14(22)25-10)27-15-16(9,17)6-12(20)26-15/h8-11,15,23H,1,4-6H2,2-3H3/t8-,9+,10?,11?,15?,16?,17?,18-,19?/m1/s1. The molecular formula is C19H20O8. The number of esters is 3. The Balaban J connectivity index is 1.67. The molecule has 6 fully saturated rings. The van der Waals surface area contributed by atoms with E-state index >= 15 is 0 Å². The van der Waals surface area contributed by atoms with E-state index in [0.29, 0.717) is 6.42 Å². The lowest BCUT2D eigenvalue weighted by Crippen LogP contribution is -2.65. The minimum atomic E-state index is -1.86. The maximum atomic E-state index is 13.2. The van der Waals surface area contributed by atoms with E-state index in [1.54, 1.807) is 0 Å². The molecule has 2 aliphatic carbocycles. The van der Waals surface area contributed by atoms with Crippen molar-refractivity contribution >= 4 is 17.9 Å². The molecule has 4 saturated heterocycles. The molecule has 8 heteroatoms. The molecule has 0 aromatic heterocycles. The fourth-order valence-electron chi connectivity index (χ4n) is 7.55. The minimum Gasteiger partial charge on any atom is -0.459 e. The van der Waals surface area contributed by atoms with Crippen molar-refractivity contribution in [3.05, 3.63) is 12.2 Å². The van der Waals surface area contributed by atoms with Crippen LogP contribution in [0.3, 0.4) is 0 Å². The van der Waals surface area contributed by atoms with Crippen LogP contribution >= 0.6 is 0 Å². The van der Waals surface area contributed by atoms with Crippen LogP contribution < -0.4 is 0 Å². The van der Waals surface area contributed by atoms with Crippen molar-refractivity contribution in [2.45, 2.75) is 62.8 Å². The maximum absolute atomic E-state index is 13.2. The van der Waals surface area contributed by atoms with Crippen LogP contribution in [0.5, 0.6) is 0 Å². The average Bonchev–Trinajstić information content (AvgIpc) is 3.29. The largest absolute Gasteiger partial charge is 0.459 e. The highest BCUT2D eigenvalue weighted by Gasteiger charge is 2.99. The number of carbonyl (C=O) groups is 3. The van der Waals surface area contributed by atoms with Crippen LogP contribution in [-0.2, 0) is 33.3 Å². The molecule has 8 nitrogen and oxygen atoms in total. The Labute approximate surface area is 154 Å². The van der Waals surface area contributed by atoms with E-state index in [1.807, 2.05) is 6.92 Å². The summed E-state index contributed by atoms with van der Waals surface area (Å²) in [7, 11) is 0. The van der Waals surface area contributed by atoms with E-state index in [2.05, 4.69) is 6.58 Å². The summed E-state index contributed by atoms with van der Waals surface area (Å²) in [4.78, 5) is 37.7. The van der Waals surface area contributed by atoms with Crippen LogP contribution in [-0.4, -0.2) is 52.7 Å². The molecule has 6 unspecified atom stereocenters. The van der Waals surface area contributed by atoms with Gasteiger partial charge in [-0.1, -0.05) is 12.2 Å². The van der Waals surface area contributed by atoms with Crippen molar-refractivity contribution < 1.29 is 38.4 Å². The number of allylic oxidation sites excluding steroid dienone is 1. The molecular weight excluding hydrogens is 356 g/mol. The summed E-state index contributed by atoms with van der Waals surface area (Å²) >= 11 is 0. The molecule has 4 aliphatic heterocycles. The molecule has 6 aliphatic rings. The number of carbonyl (C=O) groups excluding carboxylic acids is 3. The highest BCUT2D eigenvalue weighted by Crippen LogP contribution is 2.83. The summed E-state index contributed by atoms with van der Waals surface area (Å²) in [6.07, 6.45) is -1.65. The molecule has 1 N–H and O–H groups in total. The highest BCUT2D eigenvalue weighted by atomic mass is 16.7. The average molecular weight is 376 g/mol. The molecule has 27 heavy (non-hydrogen) atoms. The molecule has 144 valence electrons. The summed E-state index contributed by atoms with van der Waals surface area (Å²) in [6, 6.07) is 0. The summed E-state index contributed by atoms with van der Waals surface area (Å²) in [5, 5.41) is 11.7. The zero-order valence-electron chi connectivity index (χ0n) is 15.0. The molecule has 4 heterocycles. The van der Waals surface area contributed by atoms with Crippen LogP contribution in [0, 0.1) is 22.7 Å². The van der Waals surface area contributed by atoms with Crippen molar-refractivity contribution in [2.75, 3.05) is 0 Å². The summed E-state index contributed by atoms with van der Waals surface area (Å²) in [6.45, 7) is 7.52. The van der Waals surface area contributed by atoms with Gasteiger partial charge in [-0.05, 0) is 26.2 Å². The second-order valence-corrected chi connectivity index (χ2v) is 9.01. The Bertz CT molecular complexity index is 866. The number of hydrogen-bond donors (Lipinski definition) is 1. The van der Waals surface area contributed by atoms with Gasteiger partial charge in [-0.3, -0.25) is 9.59 Å². The first-order valence-electron chi connectivity index (χ1n) is 9.33. The third kappa shape index (κ3) is 1.17. The Morgan fingerprint density at radius 2 is 1.93 bits per heavy atom. The zero-order valence-corrected chi connectivity index (χ0v) is 15.0. The summed E-state index contributed by atoms with van der Waals surface area (Å²) < 4.78 is 22.9. The van der Waals surface area contributed by atoms with E-state index in [9.17, 15) is 19.5 Å². The molecule has 2 spiro atoms. The lowest BCUT2D eigenvalue weighted by Gasteiger charge is -2.42. The van der Waals surface area contributed by atoms with Gasteiger partial charge in [0.2, 0.25) is 11.9 Å². The predicted octanol–water partition coefficient (Wildman–Crippen LogP) is 0.219. The van der Waals surface area contributed by atoms with Gasteiger partial charge in [0.05, 0.1) is 23.2 Å². The monoisotopic (exact) mass is 376 g/mol. The highest BCUT2D eigenvalue weighted by molar-refractivity contribution is 5.93. The van der Waals surface area contributed by atoms with Gasteiger partial charge in [0.15, 0.2) is 5.60 Å². The number of ether oxygens (including phenoxy) is 4. The smallest absolute Gasteiger partial charge is 0.342 e. The number of aliphatic hydroxyl groups is 1. The van der Waals surface area contributed by atoms with Gasteiger partial charge >= 0.3 is 17.9 Å². The normalized spacial score (nSPS) is 59.1. The quantitative estimate of drug-likeness (QED) is 0.393. The molecule has 0 aromatic carbocycles. The van der Waals surface area contributed by atoms with E-state index < -0.39 is 64.4 Å². The number of rotatable bonds is 1. The second kappa shape index (κ2) is 4.07. The van der Waals surface area contributed by atoms with Crippen LogP contribution in [0.4, 0.5) is 0 Å². The van der Waals surface area contributed by atoms with Gasteiger partial charge in [0, 0.05) is 6.42 Å². The Morgan fingerprint density at radius 1 is 1.19 bits per heavy atom. The second-order valence-electron chi connectivity index (χ2n) is 9.01. The number of fused-ring (bicyclic) bond motifs is 1. The van der Waals surface area contributed by atoms with Gasteiger partial charge < -0.3 is 24.1 Å². The Hall–Kier alpha value is -1.93. The van der Waals surface area contributed by atoms with Gasteiger partial charge in [-0.15, -0.1) is 0 Å². The lowest BCUT2D eigenvalue weighted by molar-refractivity contribution is -0.237. The van der Waals surface area contributed by atoms with Crippen LogP contribution in [0.25, 0.3) is 0 Å². The van der Waals surface area contributed by atoms with E-state index in [1.165, 1.54) is 6.92 Å². The van der Waals surface area contributed by atoms with Crippen molar-refractivity contribution in [3.63, 3.8) is 0 Å². The Kier molecular flexibility index (Phi) is 2.42. The maximum Gasteiger partial charge on any atom is 0.342 e. The molecule has 0 radical (unpaired) electrons. The van der Waals surface area contributed by atoms with Crippen molar-refractivity contribution in [2.24, 2.45) is 22.7 Å². The first kappa shape index (κ1) is 16.1. The van der Waals surface area contributed by atoms with Gasteiger partial charge in [-0.2, -0.15) is 0 Å². The fourth-order valence-corrected chi connectivity index (χ4v) is 7.55. The summed E-state index contributed by atoms with van der Waals surface area (Å²) in [5.74, 6) is -2.77. The van der Waals surface area contributed by atoms with Crippen molar-refractivity contribution in [1.82, 2.24) is 0 Å². The van der Waals surface area contributed by atoms with Crippen molar-refractivity contribution in [1.29, 1.82) is 0 Å². The molecule has 0 aromatic rings. The Morgan fingerprint density at radius 3 is 2.63 bits per heavy atom. The SMILES string of the molecule is C=C(C)[C@@H]1CC2OC(=O)C34OC5OC(=O)CC51C23CC1OC(=O)[C@@H](C)[C@@]14O. The fraction of sp³-hybridized carbons (Fsp3) is 0.737. The first-order valence-corrected chi connectivity index (χ1v) is 9.33. The van der Waals surface area contributed by atoms with E-state index in [-0.39, 0.29) is 18.8 Å². The summed E-state index contributed by atoms with van der Waals surface area (Å²) in [5.41, 5.74) is -4.64. The predicted molar refractivity (Wildman–Crippen MR) is 84.6 cm³/mol. The number of hydrogen-bond acceptors (Lipinski definition) is 8. The third-order valence-electron chi connectivity index (χ3n) is 8.43. The van der Waals surface area contributed by atoms with Crippen LogP contribution in [0.1, 0.15) is 33.1 Å². The van der Waals surface area contributed by atoms with Crippen molar-refractivity contribution in [3.8, 4) is 0 Å². The topological polar surface area (TPSA) is 108 Å². The van der Waals surface area contributed by atoms with Crippen LogP contribution in [0.15, 0.2) is 12.2 Å². The molecule has 0 amide bonds.